The molecule has 3 nitrogen and oxygen atoms in total. The zero-order valence-corrected chi connectivity index (χ0v) is 8.09. The highest BCUT2D eigenvalue weighted by atomic mass is 15.1. The summed E-state index contributed by atoms with van der Waals surface area (Å²) in [5.74, 6) is 2.63. The standard InChI is InChI=1S/C10H15N3/c1-4-5-8(2)11-6-10-7-12-13-9(10)3/h1,7-8,11H,5-6H2,2-3H3,(H,12,13). The Hall–Kier alpha value is -1.27. The van der Waals surface area contributed by atoms with Crippen LogP contribution < -0.4 is 5.32 Å². The molecular formula is C10H15N3. The molecule has 1 rings (SSSR count). The Balaban J connectivity index is 2.36. The van der Waals surface area contributed by atoms with Crippen molar-refractivity contribution >= 4 is 0 Å². The third-order valence-corrected chi connectivity index (χ3v) is 2.00. The van der Waals surface area contributed by atoms with E-state index in [4.69, 9.17) is 6.42 Å². The molecular weight excluding hydrogens is 162 g/mol. The molecule has 1 atom stereocenters. The minimum absolute atomic E-state index is 0.360. The molecule has 1 aromatic heterocycles. The summed E-state index contributed by atoms with van der Waals surface area (Å²) in [6.07, 6.45) is 7.80. The van der Waals surface area contributed by atoms with Gasteiger partial charge in [0.2, 0.25) is 0 Å². The van der Waals surface area contributed by atoms with E-state index in [-0.39, 0.29) is 0 Å². The molecule has 0 bridgehead atoms. The van der Waals surface area contributed by atoms with Gasteiger partial charge in [-0.3, -0.25) is 5.10 Å². The molecule has 13 heavy (non-hydrogen) atoms. The Bertz CT molecular complexity index is 295. The molecule has 3 heteroatoms. The van der Waals surface area contributed by atoms with Crippen LogP contribution in [0.4, 0.5) is 0 Å². The van der Waals surface area contributed by atoms with Crippen LogP contribution in [-0.2, 0) is 6.54 Å². The zero-order chi connectivity index (χ0) is 9.68. The number of aryl methyl sites for hydroxylation is 1. The van der Waals surface area contributed by atoms with Crippen molar-refractivity contribution in [3.63, 3.8) is 0 Å². The van der Waals surface area contributed by atoms with Gasteiger partial charge in [-0.15, -0.1) is 12.3 Å². The Labute approximate surface area is 78.9 Å². The molecule has 0 radical (unpaired) electrons. The quantitative estimate of drug-likeness (QED) is 0.679. The second kappa shape index (κ2) is 4.68. The Morgan fingerprint density at radius 1 is 1.77 bits per heavy atom. The van der Waals surface area contributed by atoms with Crippen LogP contribution in [0, 0.1) is 19.3 Å². The van der Waals surface area contributed by atoms with Gasteiger partial charge < -0.3 is 5.32 Å². The lowest BCUT2D eigenvalue weighted by Gasteiger charge is -2.09. The van der Waals surface area contributed by atoms with Crippen LogP contribution in [-0.4, -0.2) is 16.2 Å². The van der Waals surface area contributed by atoms with Gasteiger partial charge in [0.25, 0.3) is 0 Å². The number of terminal acetylenes is 1. The number of H-pyrrole nitrogens is 1. The largest absolute Gasteiger partial charge is 0.309 e. The van der Waals surface area contributed by atoms with Crippen LogP contribution in [0.2, 0.25) is 0 Å². The normalized spacial score (nSPS) is 12.4. The first-order valence-electron chi connectivity index (χ1n) is 4.39. The first-order valence-corrected chi connectivity index (χ1v) is 4.39. The highest BCUT2D eigenvalue weighted by Crippen LogP contribution is 2.02. The molecule has 70 valence electrons. The van der Waals surface area contributed by atoms with Crippen molar-refractivity contribution in [2.75, 3.05) is 0 Å². The molecule has 0 amide bonds. The lowest BCUT2D eigenvalue weighted by Crippen LogP contribution is -2.24. The summed E-state index contributed by atoms with van der Waals surface area (Å²) in [5, 5.41) is 10.2. The van der Waals surface area contributed by atoms with Crippen molar-refractivity contribution in [1.82, 2.24) is 15.5 Å². The summed E-state index contributed by atoms with van der Waals surface area (Å²) in [6, 6.07) is 0.360. The molecule has 0 spiro atoms. The number of rotatable bonds is 4. The maximum absolute atomic E-state index is 5.20. The number of hydrogen-bond donors (Lipinski definition) is 2. The molecule has 0 aliphatic rings. The lowest BCUT2D eigenvalue weighted by molar-refractivity contribution is 0.558. The third-order valence-electron chi connectivity index (χ3n) is 2.00. The topological polar surface area (TPSA) is 40.7 Å². The Kier molecular flexibility index (Phi) is 3.53. The number of nitrogens with one attached hydrogen (secondary N) is 2. The van der Waals surface area contributed by atoms with Crippen molar-refractivity contribution < 1.29 is 0 Å². The Morgan fingerprint density at radius 2 is 2.54 bits per heavy atom. The van der Waals surface area contributed by atoms with Gasteiger partial charge in [-0.2, -0.15) is 5.10 Å². The van der Waals surface area contributed by atoms with Gasteiger partial charge in [0.05, 0.1) is 6.20 Å². The van der Waals surface area contributed by atoms with E-state index >= 15 is 0 Å². The van der Waals surface area contributed by atoms with E-state index in [9.17, 15) is 0 Å². The number of aromatic amines is 1. The average Bonchev–Trinajstić information content (AvgIpc) is 2.48. The van der Waals surface area contributed by atoms with E-state index in [1.54, 1.807) is 0 Å². The SMILES string of the molecule is C#CCC(C)NCc1cn[nH]c1C. The van der Waals surface area contributed by atoms with Crippen molar-refractivity contribution in [1.29, 1.82) is 0 Å². The molecule has 1 unspecified atom stereocenters. The summed E-state index contributed by atoms with van der Waals surface area (Å²) >= 11 is 0. The van der Waals surface area contributed by atoms with E-state index in [1.165, 1.54) is 5.56 Å². The smallest absolute Gasteiger partial charge is 0.0535 e. The van der Waals surface area contributed by atoms with Crippen molar-refractivity contribution in [2.45, 2.75) is 32.9 Å². The number of hydrogen-bond acceptors (Lipinski definition) is 2. The van der Waals surface area contributed by atoms with Gasteiger partial charge in [-0.05, 0) is 13.8 Å². The Morgan fingerprint density at radius 3 is 3.08 bits per heavy atom. The van der Waals surface area contributed by atoms with Crippen LogP contribution >= 0.6 is 0 Å². The minimum Gasteiger partial charge on any atom is -0.309 e. The molecule has 1 aromatic rings. The highest BCUT2D eigenvalue weighted by molar-refractivity contribution is 5.13. The second-order valence-corrected chi connectivity index (χ2v) is 3.21. The molecule has 0 fully saturated rings. The highest BCUT2D eigenvalue weighted by Gasteiger charge is 2.02. The van der Waals surface area contributed by atoms with E-state index < -0.39 is 0 Å². The van der Waals surface area contributed by atoms with E-state index in [1.807, 2.05) is 13.1 Å². The third kappa shape index (κ3) is 2.92. The molecule has 0 aliphatic heterocycles. The fourth-order valence-electron chi connectivity index (χ4n) is 1.09. The molecule has 1 heterocycles. The van der Waals surface area contributed by atoms with Crippen molar-refractivity contribution in [3.05, 3.63) is 17.5 Å². The second-order valence-electron chi connectivity index (χ2n) is 3.21. The van der Waals surface area contributed by atoms with Crippen LogP contribution in [0.25, 0.3) is 0 Å². The minimum atomic E-state index is 0.360. The van der Waals surface area contributed by atoms with Gasteiger partial charge in [0.1, 0.15) is 0 Å². The van der Waals surface area contributed by atoms with E-state index in [0.717, 1.165) is 18.7 Å². The van der Waals surface area contributed by atoms with Gasteiger partial charge in [-0.25, -0.2) is 0 Å². The number of aromatic nitrogens is 2. The van der Waals surface area contributed by atoms with Gasteiger partial charge in [0.15, 0.2) is 0 Å². The van der Waals surface area contributed by atoms with Gasteiger partial charge in [-0.1, -0.05) is 0 Å². The first-order chi connectivity index (χ1) is 6.24. The van der Waals surface area contributed by atoms with E-state index in [2.05, 4.69) is 28.4 Å². The van der Waals surface area contributed by atoms with Crippen LogP contribution in [0.3, 0.4) is 0 Å². The summed E-state index contributed by atoms with van der Waals surface area (Å²) < 4.78 is 0. The van der Waals surface area contributed by atoms with E-state index in [0.29, 0.717) is 6.04 Å². The van der Waals surface area contributed by atoms with Crippen molar-refractivity contribution in [3.8, 4) is 12.3 Å². The predicted octanol–water partition coefficient (Wildman–Crippen LogP) is 1.22. The molecule has 0 saturated heterocycles. The monoisotopic (exact) mass is 177 g/mol. The van der Waals surface area contributed by atoms with Gasteiger partial charge >= 0.3 is 0 Å². The predicted molar refractivity (Wildman–Crippen MR) is 53.1 cm³/mol. The van der Waals surface area contributed by atoms with Crippen LogP contribution in [0.5, 0.6) is 0 Å². The summed E-state index contributed by atoms with van der Waals surface area (Å²) in [5.41, 5.74) is 2.31. The number of nitrogens with zero attached hydrogens (tertiary/aromatic N) is 1. The molecule has 2 N–H and O–H groups in total. The van der Waals surface area contributed by atoms with Crippen molar-refractivity contribution in [2.24, 2.45) is 0 Å². The summed E-state index contributed by atoms with van der Waals surface area (Å²) in [4.78, 5) is 0. The maximum Gasteiger partial charge on any atom is 0.0535 e. The lowest BCUT2D eigenvalue weighted by atomic mass is 10.2. The van der Waals surface area contributed by atoms with Crippen LogP contribution in [0.1, 0.15) is 24.6 Å². The molecule has 0 saturated carbocycles. The summed E-state index contributed by atoms with van der Waals surface area (Å²) in [6.45, 7) is 4.91. The fraction of sp³-hybridized carbons (Fsp3) is 0.500. The van der Waals surface area contributed by atoms with Gasteiger partial charge in [0, 0.05) is 30.3 Å². The zero-order valence-electron chi connectivity index (χ0n) is 8.09. The summed E-state index contributed by atoms with van der Waals surface area (Å²) in [7, 11) is 0. The fourth-order valence-corrected chi connectivity index (χ4v) is 1.09. The molecule has 0 aromatic carbocycles. The van der Waals surface area contributed by atoms with Crippen LogP contribution in [0.15, 0.2) is 6.20 Å². The maximum atomic E-state index is 5.20. The molecule has 0 aliphatic carbocycles. The first kappa shape index (κ1) is 9.82. The average molecular weight is 177 g/mol.